The van der Waals surface area contributed by atoms with Gasteiger partial charge in [-0.2, -0.15) is 0 Å². The average Bonchev–Trinajstić information content (AvgIpc) is 2.50. The van der Waals surface area contributed by atoms with Gasteiger partial charge in [-0.15, -0.1) is 0 Å². The van der Waals surface area contributed by atoms with Gasteiger partial charge in [0.05, 0.1) is 6.10 Å². The molecule has 0 amide bonds. The van der Waals surface area contributed by atoms with Crippen molar-refractivity contribution in [3.05, 3.63) is 0 Å². The highest BCUT2D eigenvalue weighted by atomic mass is 16.3. The molecule has 14 heavy (non-hydrogen) atoms. The maximum absolute atomic E-state index is 9.49. The summed E-state index contributed by atoms with van der Waals surface area (Å²) < 4.78 is 0. The Morgan fingerprint density at radius 1 is 1.50 bits per heavy atom. The summed E-state index contributed by atoms with van der Waals surface area (Å²) in [5.74, 6) is 0.728. The van der Waals surface area contributed by atoms with Crippen LogP contribution in [0.15, 0.2) is 0 Å². The molecule has 1 saturated heterocycles. The normalized spacial score (nSPS) is 25.9. The van der Waals surface area contributed by atoms with E-state index in [9.17, 15) is 5.11 Å². The van der Waals surface area contributed by atoms with Crippen molar-refractivity contribution in [3.63, 3.8) is 0 Å². The molecule has 3 heteroatoms. The van der Waals surface area contributed by atoms with Gasteiger partial charge in [-0.1, -0.05) is 13.8 Å². The maximum atomic E-state index is 9.49. The summed E-state index contributed by atoms with van der Waals surface area (Å²) in [6.07, 6.45) is 2.06. The minimum absolute atomic E-state index is 0.0958. The fourth-order valence-corrected chi connectivity index (χ4v) is 2.24. The first kappa shape index (κ1) is 12.0. The van der Waals surface area contributed by atoms with Crippen LogP contribution in [0.3, 0.4) is 0 Å². The van der Waals surface area contributed by atoms with Crippen LogP contribution in [0.1, 0.15) is 26.7 Å². The lowest BCUT2D eigenvalue weighted by molar-refractivity contribution is 0.150. The summed E-state index contributed by atoms with van der Waals surface area (Å²) in [6, 6.07) is 0.595. The Morgan fingerprint density at radius 3 is 2.64 bits per heavy atom. The zero-order chi connectivity index (χ0) is 10.6. The molecule has 1 aliphatic heterocycles. The largest absolute Gasteiger partial charge is 0.392 e. The lowest BCUT2D eigenvalue weighted by Gasteiger charge is -2.28. The number of aliphatic hydroxyl groups is 1. The zero-order valence-electron chi connectivity index (χ0n) is 9.66. The van der Waals surface area contributed by atoms with Gasteiger partial charge in [0.1, 0.15) is 0 Å². The highest BCUT2D eigenvalue weighted by Gasteiger charge is 2.26. The van der Waals surface area contributed by atoms with Gasteiger partial charge in [-0.25, -0.2) is 0 Å². The average molecular weight is 200 g/mol. The molecule has 0 aromatic carbocycles. The molecule has 3 nitrogen and oxygen atoms in total. The second-order valence-electron chi connectivity index (χ2n) is 4.78. The van der Waals surface area contributed by atoms with Crippen molar-refractivity contribution in [2.75, 3.05) is 26.7 Å². The van der Waals surface area contributed by atoms with E-state index in [-0.39, 0.29) is 6.10 Å². The van der Waals surface area contributed by atoms with E-state index in [1.807, 2.05) is 7.05 Å². The second-order valence-corrected chi connectivity index (χ2v) is 4.78. The molecule has 0 spiro atoms. The molecule has 1 heterocycles. The predicted octanol–water partition coefficient (Wildman–Crippen LogP) is 0.687. The molecular formula is C11H24N2O. The highest BCUT2D eigenvalue weighted by molar-refractivity contribution is 4.82. The Labute approximate surface area is 87.5 Å². The fourth-order valence-electron chi connectivity index (χ4n) is 2.24. The Morgan fingerprint density at radius 2 is 2.21 bits per heavy atom. The van der Waals surface area contributed by atoms with E-state index >= 15 is 0 Å². The number of aliphatic hydroxyl groups excluding tert-OH is 1. The first-order valence-electron chi connectivity index (χ1n) is 5.70. The Kier molecular flexibility index (Phi) is 4.85. The summed E-state index contributed by atoms with van der Waals surface area (Å²) in [5, 5.41) is 12.7. The monoisotopic (exact) mass is 200 g/mol. The number of likely N-dealkylation sites (tertiary alicyclic amines) is 1. The van der Waals surface area contributed by atoms with Gasteiger partial charge in [-0.3, -0.25) is 4.90 Å². The lowest BCUT2D eigenvalue weighted by Crippen LogP contribution is -2.41. The third-order valence-corrected chi connectivity index (χ3v) is 2.89. The number of β-amino-alcohol motifs (C(OH)–C–C–N with tert-alkyl or cyclic N) is 1. The van der Waals surface area contributed by atoms with Crippen LogP contribution in [-0.4, -0.2) is 48.8 Å². The molecule has 0 aromatic heterocycles. The molecule has 0 saturated carbocycles. The van der Waals surface area contributed by atoms with Gasteiger partial charge in [0.25, 0.3) is 0 Å². The van der Waals surface area contributed by atoms with E-state index in [1.54, 1.807) is 0 Å². The van der Waals surface area contributed by atoms with Crippen molar-refractivity contribution in [1.29, 1.82) is 0 Å². The summed E-state index contributed by atoms with van der Waals surface area (Å²) in [4.78, 5) is 2.42. The molecule has 2 N–H and O–H groups in total. The SMILES string of the molecule is CNCC(CC(C)C)N1CC[C@H](O)C1. The molecule has 0 radical (unpaired) electrons. The number of rotatable bonds is 5. The highest BCUT2D eigenvalue weighted by Crippen LogP contribution is 2.17. The van der Waals surface area contributed by atoms with Crippen LogP contribution >= 0.6 is 0 Å². The third kappa shape index (κ3) is 3.56. The van der Waals surface area contributed by atoms with Gasteiger partial charge in [0, 0.05) is 25.7 Å². The van der Waals surface area contributed by atoms with Crippen LogP contribution < -0.4 is 5.32 Å². The number of nitrogens with one attached hydrogen (secondary N) is 1. The van der Waals surface area contributed by atoms with E-state index in [4.69, 9.17) is 0 Å². The number of likely N-dealkylation sites (N-methyl/N-ethyl adjacent to an activating group) is 1. The summed E-state index contributed by atoms with van der Waals surface area (Å²) in [5.41, 5.74) is 0. The van der Waals surface area contributed by atoms with E-state index in [1.165, 1.54) is 6.42 Å². The van der Waals surface area contributed by atoms with E-state index in [2.05, 4.69) is 24.1 Å². The first-order valence-corrected chi connectivity index (χ1v) is 5.70. The minimum atomic E-state index is -0.0958. The summed E-state index contributed by atoms with van der Waals surface area (Å²) in [7, 11) is 2.00. The molecular weight excluding hydrogens is 176 g/mol. The minimum Gasteiger partial charge on any atom is -0.392 e. The van der Waals surface area contributed by atoms with Crippen molar-refractivity contribution < 1.29 is 5.11 Å². The molecule has 1 fully saturated rings. The molecule has 2 atom stereocenters. The first-order chi connectivity index (χ1) is 6.63. The van der Waals surface area contributed by atoms with Crippen molar-refractivity contribution in [2.24, 2.45) is 5.92 Å². The maximum Gasteiger partial charge on any atom is 0.0679 e. The van der Waals surface area contributed by atoms with Crippen molar-refractivity contribution in [3.8, 4) is 0 Å². The third-order valence-electron chi connectivity index (χ3n) is 2.89. The van der Waals surface area contributed by atoms with Crippen LogP contribution in [0.2, 0.25) is 0 Å². The molecule has 0 aromatic rings. The smallest absolute Gasteiger partial charge is 0.0679 e. The predicted molar refractivity (Wildman–Crippen MR) is 59.4 cm³/mol. The molecule has 84 valence electrons. The van der Waals surface area contributed by atoms with E-state index in [0.29, 0.717) is 6.04 Å². The van der Waals surface area contributed by atoms with Crippen LogP contribution in [-0.2, 0) is 0 Å². The Bertz CT molecular complexity index is 161. The van der Waals surface area contributed by atoms with E-state index < -0.39 is 0 Å². The van der Waals surface area contributed by atoms with Crippen LogP contribution in [0.5, 0.6) is 0 Å². The van der Waals surface area contributed by atoms with Crippen LogP contribution in [0.25, 0.3) is 0 Å². The van der Waals surface area contributed by atoms with Crippen molar-refractivity contribution >= 4 is 0 Å². The van der Waals surface area contributed by atoms with E-state index in [0.717, 1.165) is 32.0 Å². The Balaban J connectivity index is 2.41. The quantitative estimate of drug-likeness (QED) is 0.685. The second kappa shape index (κ2) is 5.69. The molecule has 0 bridgehead atoms. The van der Waals surface area contributed by atoms with Crippen LogP contribution in [0.4, 0.5) is 0 Å². The zero-order valence-corrected chi connectivity index (χ0v) is 9.66. The number of hydrogen-bond donors (Lipinski definition) is 2. The standard InChI is InChI=1S/C11H24N2O/c1-9(2)6-10(7-12-3)13-5-4-11(14)8-13/h9-12,14H,4-8H2,1-3H3/t10?,11-/m0/s1. The number of nitrogens with zero attached hydrogens (tertiary/aromatic N) is 1. The van der Waals surface area contributed by atoms with Gasteiger partial charge < -0.3 is 10.4 Å². The summed E-state index contributed by atoms with van der Waals surface area (Å²) >= 11 is 0. The van der Waals surface area contributed by atoms with Crippen molar-refractivity contribution in [1.82, 2.24) is 10.2 Å². The van der Waals surface area contributed by atoms with Gasteiger partial charge in [-0.05, 0) is 25.8 Å². The molecule has 1 rings (SSSR count). The molecule has 0 aliphatic carbocycles. The topological polar surface area (TPSA) is 35.5 Å². The lowest BCUT2D eigenvalue weighted by atomic mass is 10.0. The van der Waals surface area contributed by atoms with Gasteiger partial charge in [0.15, 0.2) is 0 Å². The fraction of sp³-hybridized carbons (Fsp3) is 1.00. The summed E-state index contributed by atoms with van der Waals surface area (Å²) in [6.45, 7) is 7.47. The van der Waals surface area contributed by atoms with Crippen LogP contribution in [0, 0.1) is 5.92 Å². The van der Waals surface area contributed by atoms with Crippen molar-refractivity contribution in [2.45, 2.75) is 38.8 Å². The molecule has 1 aliphatic rings. The molecule has 1 unspecified atom stereocenters. The van der Waals surface area contributed by atoms with Gasteiger partial charge in [0.2, 0.25) is 0 Å². The van der Waals surface area contributed by atoms with Gasteiger partial charge >= 0.3 is 0 Å². The Hall–Kier alpha value is -0.120. The number of hydrogen-bond acceptors (Lipinski definition) is 3.